The predicted molar refractivity (Wildman–Crippen MR) is 67.0 cm³/mol. The second-order valence-electron chi connectivity index (χ2n) is 2.64. The quantitative estimate of drug-likeness (QED) is 0.697. The molecule has 2 heterocycles. The number of hydrogen-bond donors (Lipinski definition) is 0. The Morgan fingerprint density at radius 1 is 1.36 bits per heavy atom. The second kappa shape index (κ2) is 4.58. The topological polar surface area (TPSA) is 0 Å². The van der Waals surface area contributed by atoms with E-state index in [1.54, 1.807) is 0 Å². The van der Waals surface area contributed by atoms with Crippen LogP contribution in [-0.4, -0.2) is 0 Å². The van der Waals surface area contributed by atoms with E-state index in [2.05, 4.69) is 0 Å². The van der Waals surface area contributed by atoms with Crippen molar-refractivity contribution >= 4 is 28.7 Å². The van der Waals surface area contributed by atoms with Crippen molar-refractivity contribution in [3.63, 3.8) is 0 Å². The second-order valence-corrected chi connectivity index (χ2v) is 4.51. The van der Waals surface area contributed by atoms with Gasteiger partial charge < -0.3 is 0 Å². The molecule has 0 aliphatic carbocycles. The van der Waals surface area contributed by atoms with Crippen LogP contribution in [0, 0.1) is 0 Å². The van der Waals surface area contributed by atoms with Crippen LogP contribution in [-0.2, 0) is 0 Å². The summed E-state index contributed by atoms with van der Waals surface area (Å²) in [7, 11) is 0. The molecule has 2 rings (SSSR count). The first-order valence-corrected chi connectivity index (χ1v) is 5.94. The van der Waals surface area contributed by atoms with Crippen LogP contribution >= 0.6 is 22.7 Å². The Bertz CT molecular complexity index is 639. The minimum absolute atomic E-state index is 0.0178. The summed E-state index contributed by atoms with van der Waals surface area (Å²) in [6.07, 6.45) is 4.60. The summed E-state index contributed by atoms with van der Waals surface area (Å²) in [4.78, 5) is 1.66. The number of hydrogen-bond acceptors (Lipinski definition) is 2. The molecule has 0 aliphatic heterocycles. The standard InChI is InChI=1S/C12H12S2/c1-2-3-5-10-7-8-12(14-10)11-6-4-9-13-11/h3-9H,2H2,1H3/i4D,6D,7D,8D,9D. The summed E-state index contributed by atoms with van der Waals surface area (Å²) in [5.74, 6) is 0. The first kappa shape index (κ1) is 5.29. The lowest BCUT2D eigenvalue weighted by molar-refractivity contribution is 1.23. The molecule has 0 nitrogen and oxygen atoms in total. The van der Waals surface area contributed by atoms with Gasteiger partial charge in [-0.1, -0.05) is 19.0 Å². The van der Waals surface area contributed by atoms with Gasteiger partial charge in [0.15, 0.2) is 0 Å². The SMILES string of the molecule is [2H]c1sc(-c2sc(C=CCC)c([2H])c2[2H])c([2H])c1[2H]. The lowest BCUT2D eigenvalue weighted by atomic mass is 10.3. The van der Waals surface area contributed by atoms with E-state index in [9.17, 15) is 0 Å². The van der Waals surface area contributed by atoms with E-state index in [4.69, 9.17) is 6.85 Å². The first-order valence-electron chi connectivity index (χ1n) is 6.80. The van der Waals surface area contributed by atoms with Crippen LogP contribution in [0.2, 0.25) is 0 Å². The first-order chi connectivity index (χ1) is 8.97. The van der Waals surface area contributed by atoms with Crippen LogP contribution < -0.4 is 0 Å². The van der Waals surface area contributed by atoms with Crippen LogP contribution in [0.1, 0.15) is 25.1 Å². The van der Waals surface area contributed by atoms with Gasteiger partial charge in [0, 0.05) is 14.6 Å². The van der Waals surface area contributed by atoms with Crippen LogP contribution in [0.25, 0.3) is 15.8 Å². The highest BCUT2D eigenvalue weighted by atomic mass is 32.1. The molecule has 0 unspecified atom stereocenters. The van der Waals surface area contributed by atoms with E-state index < -0.39 is 0 Å². The molecule has 2 aromatic heterocycles. The molecular weight excluding hydrogens is 208 g/mol. The van der Waals surface area contributed by atoms with Gasteiger partial charge in [-0.15, -0.1) is 22.7 Å². The number of thiophene rings is 2. The Labute approximate surface area is 99.6 Å². The fourth-order valence-electron chi connectivity index (χ4n) is 0.971. The third kappa shape index (κ3) is 2.14. The smallest absolute Gasteiger partial charge is 0.0740 e. The van der Waals surface area contributed by atoms with Gasteiger partial charge in [0.1, 0.15) is 0 Å². The van der Waals surface area contributed by atoms with Crippen LogP contribution in [0.5, 0.6) is 0 Å². The Morgan fingerprint density at radius 3 is 3.00 bits per heavy atom. The van der Waals surface area contributed by atoms with Gasteiger partial charge in [-0.3, -0.25) is 0 Å². The van der Waals surface area contributed by atoms with Crippen LogP contribution in [0.3, 0.4) is 0 Å². The highest BCUT2D eigenvalue weighted by Gasteiger charge is 2.00. The van der Waals surface area contributed by atoms with E-state index in [1.807, 2.05) is 19.1 Å². The Kier molecular flexibility index (Phi) is 1.73. The Hall–Kier alpha value is -0.860. The summed E-state index contributed by atoms with van der Waals surface area (Å²) < 4.78 is 38.8. The highest BCUT2D eigenvalue weighted by Crippen LogP contribution is 2.31. The van der Waals surface area contributed by atoms with Crippen molar-refractivity contribution in [2.75, 3.05) is 0 Å². The monoisotopic (exact) mass is 225 g/mol. The molecule has 0 fully saturated rings. The van der Waals surface area contributed by atoms with Crippen molar-refractivity contribution < 1.29 is 6.85 Å². The van der Waals surface area contributed by atoms with Crippen LogP contribution in [0.15, 0.2) is 35.6 Å². The molecule has 0 N–H and O–H groups in total. The van der Waals surface area contributed by atoms with Crippen molar-refractivity contribution in [2.45, 2.75) is 13.3 Å². The summed E-state index contributed by atoms with van der Waals surface area (Å²) in [6.45, 7) is 2.00. The van der Waals surface area contributed by atoms with Crippen molar-refractivity contribution in [3.05, 3.63) is 40.5 Å². The third-order valence-corrected chi connectivity index (χ3v) is 3.41. The Morgan fingerprint density at radius 2 is 2.29 bits per heavy atom. The average Bonchev–Trinajstić information content (AvgIpc) is 2.81. The van der Waals surface area contributed by atoms with Gasteiger partial charge >= 0.3 is 0 Å². The molecule has 0 aliphatic rings. The molecule has 0 radical (unpaired) electrons. The highest BCUT2D eigenvalue weighted by molar-refractivity contribution is 7.21. The zero-order chi connectivity index (χ0) is 14.2. The van der Waals surface area contributed by atoms with Crippen LogP contribution in [0.4, 0.5) is 0 Å². The lowest BCUT2D eigenvalue weighted by Crippen LogP contribution is -1.56. The molecule has 2 heteroatoms. The molecule has 0 aromatic carbocycles. The summed E-state index contributed by atoms with van der Waals surface area (Å²) in [6, 6.07) is 0.104. The number of rotatable bonds is 3. The fraction of sp³-hybridized carbons (Fsp3) is 0.167. The van der Waals surface area contributed by atoms with E-state index in [-0.39, 0.29) is 29.5 Å². The van der Waals surface area contributed by atoms with E-state index in [1.165, 1.54) is 11.3 Å². The minimum atomic E-state index is -0.106. The summed E-state index contributed by atoms with van der Waals surface area (Å²) in [5.41, 5.74) is 0. The Balaban J connectivity index is 2.57. The maximum atomic E-state index is 7.96. The zero-order valence-corrected chi connectivity index (χ0v) is 9.31. The number of allylic oxidation sites excluding steroid dienone is 1. The minimum Gasteiger partial charge on any atom is -0.143 e. The van der Waals surface area contributed by atoms with Gasteiger partial charge in [-0.25, -0.2) is 0 Å². The van der Waals surface area contributed by atoms with Gasteiger partial charge in [0.2, 0.25) is 0 Å². The normalized spacial score (nSPS) is 16.2. The largest absolute Gasteiger partial charge is 0.143 e. The zero-order valence-electron chi connectivity index (χ0n) is 12.7. The molecule has 0 atom stereocenters. The molecule has 0 amide bonds. The van der Waals surface area contributed by atoms with Gasteiger partial charge in [-0.2, -0.15) is 0 Å². The third-order valence-electron chi connectivity index (χ3n) is 1.60. The molecule has 72 valence electrons. The van der Waals surface area contributed by atoms with E-state index >= 15 is 0 Å². The summed E-state index contributed by atoms with van der Waals surface area (Å²) >= 11 is 2.31. The molecule has 0 saturated carbocycles. The van der Waals surface area contributed by atoms with Crippen molar-refractivity contribution in [1.82, 2.24) is 0 Å². The maximum Gasteiger partial charge on any atom is 0.0740 e. The van der Waals surface area contributed by atoms with Crippen molar-refractivity contribution in [3.8, 4) is 9.75 Å². The van der Waals surface area contributed by atoms with Crippen molar-refractivity contribution in [1.29, 1.82) is 0 Å². The van der Waals surface area contributed by atoms with Crippen molar-refractivity contribution in [2.24, 2.45) is 0 Å². The maximum absolute atomic E-state index is 7.96. The van der Waals surface area contributed by atoms with E-state index in [0.29, 0.717) is 14.6 Å². The molecule has 0 saturated heterocycles. The van der Waals surface area contributed by atoms with E-state index in [0.717, 1.165) is 17.8 Å². The lowest BCUT2D eigenvalue weighted by Gasteiger charge is -1.87. The molecular formula is C12H12S2. The molecule has 0 bridgehead atoms. The average molecular weight is 225 g/mol. The predicted octanol–water partition coefficient (Wildman–Crippen LogP) is 4.90. The fourth-order valence-corrected chi connectivity index (χ4v) is 2.40. The van der Waals surface area contributed by atoms with Gasteiger partial charge in [-0.05, 0) is 36.0 Å². The summed E-state index contributed by atoms with van der Waals surface area (Å²) in [5, 5.41) is 0.0324. The van der Waals surface area contributed by atoms with Gasteiger partial charge in [0.25, 0.3) is 0 Å². The van der Waals surface area contributed by atoms with Gasteiger partial charge in [0.05, 0.1) is 6.85 Å². The molecule has 2 aromatic rings. The molecule has 14 heavy (non-hydrogen) atoms. The molecule has 0 spiro atoms.